The van der Waals surface area contributed by atoms with Crippen molar-refractivity contribution in [2.45, 2.75) is 39.8 Å². The molecule has 0 aliphatic rings. The SMILES string of the molecule is Cc1nn(C)c(C)c1C(C)NC(C)CS(C)(=O)=O. The third kappa shape index (κ3) is 3.81. The van der Waals surface area contributed by atoms with Gasteiger partial charge in [0, 0.05) is 36.6 Å². The van der Waals surface area contributed by atoms with Crippen LogP contribution in [0.3, 0.4) is 0 Å². The Hall–Kier alpha value is -0.880. The van der Waals surface area contributed by atoms with Crippen molar-refractivity contribution in [3.05, 3.63) is 17.0 Å². The Morgan fingerprint density at radius 1 is 1.33 bits per heavy atom. The largest absolute Gasteiger partial charge is 0.307 e. The normalized spacial score (nSPS) is 15.7. The van der Waals surface area contributed by atoms with E-state index in [1.807, 2.05) is 39.4 Å². The number of nitrogens with zero attached hydrogens (tertiary/aromatic N) is 2. The van der Waals surface area contributed by atoms with Gasteiger partial charge in [-0.3, -0.25) is 4.68 Å². The lowest BCUT2D eigenvalue weighted by atomic mass is 10.1. The molecule has 6 heteroatoms. The summed E-state index contributed by atoms with van der Waals surface area (Å²) >= 11 is 0. The first kappa shape index (κ1) is 15.2. The summed E-state index contributed by atoms with van der Waals surface area (Å²) in [5, 5.41) is 7.69. The monoisotopic (exact) mass is 273 g/mol. The van der Waals surface area contributed by atoms with Crippen LogP contribution in [0.25, 0.3) is 0 Å². The van der Waals surface area contributed by atoms with Crippen molar-refractivity contribution in [2.24, 2.45) is 7.05 Å². The summed E-state index contributed by atoms with van der Waals surface area (Å²) in [5.74, 6) is 0.149. The molecule has 0 amide bonds. The van der Waals surface area contributed by atoms with Gasteiger partial charge in [-0.15, -0.1) is 0 Å². The van der Waals surface area contributed by atoms with Gasteiger partial charge in [0.1, 0.15) is 9.84 Å². The number of nitrogens with one attached hydrogen (secondary N) is 1. The molecule has 2 unspecified atom stereocenters. The van der Waals surface area contributed by atoms with Crippen molar-refractivity contribution in [2.75, 3.05) is 12.0 Å². The van der Waals surface area contributed by atoms with E-state index in [9.17, 15) is 8.42 Å². The Morgan fingerprint density at radius 2 is 1.89 bits per heavy atom. The van der Waals surface area contributed by atoms with Crippen LogP contribution in [-0.4, -0.2) is 36.2 Å². The predicted molar refractivity (Wildman–Crippen MR) is 73.4 cm³/mol. The maximum Gasteiger partial charge on any atom is 0.148 e. The Labute approximate surface area is 109 Å². The van der Waals surface area contributed by atoms with Gasteiger partial charge in [-0.25, -0.2) is 8.42 Å². The van der Waals surface area contributed by atoms with Crippen molar-refractivity contribution in [3.8, 4) is 0 Å². The van der Waals surface area contributed by atoms with Gasteiger partial charge >= 0.3 is 0 Å². The number of aromatic nitrogens is 2. The minimum atomic E-state index is -2.95. The average Bonchev–Trinajstić information content (AvgIpc) is 2.37. The zero-order valence-electron chi connectivity index (χ0n) is 12.0. The molecule has 1 N–H and O–H groups in total. The van der Waals surface area contributed by atoms with Gasteiger partial charge in [-0.1, -0.05) is 0 Å². The molecular formula is C12H23N3O2S. The van der Waals surface area contributed by atoms with E-state index in [-0.39, 0.29) is 17.8 Å². The van der Waals surface area contributed by atoms with Crippen LogP contribution in [0.15, 0.2) is 0 Å². The molecule has 5 nitrogen and oxygen atoms in total. The lowest BCUT2D eigenvalue weighted by Crippen LogP contribution is -2.35. The smallest absolute Gasteiger partial charge is 0.148 e. The van der Waals surface area contributed by atoms with E-state index in [4.69, 9.17) is 0 Å². The van der Waals surface area contributed by atoms with E-state index in [1.165, 1.54) is 6.26 Å². The lowest BCUT2D eigenvalue weighted by molar-refractivity contribution is 0.497. The molecule has 1 aromatic heterocycles. The molecule has 1 aromatic rings. The first-order valence-corrected chi connectivity index (χ1v) is 8.11. The van der Waals surface area contributed by atoms with Crippen LogP contribution in [0.2, 0.25) is 0 Å². The third-order valence-corrected chi connectivity index (χ3v) is 4.19. The maximum atomic E-state index is 11.2. The molecular weight excluding hydrogens is 250 g/mol. The number of hydrogen-bond acceptors (Lipinski definition) is 4. The van der Waals surface area contributed by atoms with Crippen molar-refractivity contribution in [1.29, 1.82) is 0 Å². The summed E-state index contributed by atoms with van der Waals surface area (Å²) in [6.45, 7) is 7.92. The molecule has 2 atom stereocenters. The van der Waals surface area contributed by atoms with Crippen LogP contribution < -0.4 is 5.32 Å². The first-order chi connectivity index (χ1) is 8.11. The second kappa shape index (κ2) is 5.40. The van der Waals surface area contributed by atoms with Crippen molar-refractivity contribution in [3.63, 3.8) is 0 Å². The first-order valence-electron chi connectivity index (χ1n) is 6.05. The summed E-state index contributed by atoms with van der Waals surface area (Å²) in [6.07, 6.45) is 1.26. The maximum absolute atomic E-state index is 11.2. The highest BCUT2D eigenvalue weighted by molar-refractivity contribution is 7.90. The van der Waals surface area contributed by atoms with Gasteiger partial charge in [0.15, 0.2) is 0 Å². The van der Waals surface area contributed by atoms with Gasteiger partial charge in [0.2, 0.25) is 0 Å². The fraction of sp³-hybridized carbons (Fsp3) is 0.750. The Morgan fingerprint density at radius 3 is 2.28 bits per heavy atom. The fourth-order valence-electron chi connectivity index (χ4n) is 2.43. The Balaban J connectivity index is 2.79. The molecule has 0 saturated heterocycles. The van der Waals surface area contributed by atoms with Gasteiger partial charge in [0.25, 0.3) is 0 Å². The molecule has 0 spiro atoms. The molecule has 0 fully saturated rings. The summed E-state index contributed by atoms with van der Waals surface area (Å²) < 4.78 is 24.3. The Bertz CT molecular complexity index is 520. The molecule has 0 aliphatic carbocycles. The standard InChI is InChI=1S/C12H23N3O2S/c1-8(7-18(6,16)17)13-9(2)12-10(3)14-15(5)11(12)4/h8-9,13H,7H2,1-6H3. The van der Waals surface area contributed by atoms with Crippen molar-refractivity contribution in [1.82, 2.24) is 15.1 Å². The predicted octanol–water partition coefficient (Wildman–Crippen LogP) is 1.12. The van der Waals surface area contributed by atoms with Crippen molar-refractivity contribution < 1.29 is 8.42 Å². The van der Waals surface area contributed by atoms with Crippen LogP contribution in [0.1, 0.15) is 36.8 Å². The van der Waals surface area contributed by atoms with E-state index in [0.29, 0.717) is 0 Å². The average molecular weight is 273 g/mol. The van der Waals surface area contributed by atoms with Crippen LogP contribution in [0.4, 0.5) is 0 Å². The summed E-state index contributed by atoms with van der Waals surface area (Å²) in [5.41, 5.74) is 3.25. The van der Waals surface area contributed by atoms with Crippen LogP contribution in [0.5, 0.6) is 0 Å². The number of aryl methyl sites for hydroxylation is 2. The minimum absolute atomic E-state index is 0.0750. The van der Waals surface area contributed by atoms with E-state index < -0.39 is 9.84 Å². The van der Waals surface area contributed by atoms with E-state index in [2.05, 4.69) is 10.4 Å². The van der Waals surface area contributed by atoms with E-state index in [1.54, 1.807) is 0 Å². The summed E-state index contributed by atoms with van der Waals surface area (Å²) in [4.78, 5) is 0. The minimum Gasteiger partial charge on any atom is -0.307 e. The molecule has 0 aliphatic heterocycles. The van der Waals surface area contributed by atoms with Gasteiger partial charge in [-0.2, -0.15) is 5.10 Å². The molecule has 0 radical (unpaired) electrons. The molecule has 0 aromatic carbocycles. The van der Waals surface area contributed by atoms with Crippen LogP contribution in [-0.2, 0) is 16.9 Å². The van der Waals surface area contributed by atoms with E-state index >= 15 is 0 Å². The highest BCUT2D eigenvalue weighted by Gasteiger charge is 2.19. The van der Waals surface area contributed by atoms with Gasteiger partial charge in [-0.05, 0) is 27.7 Å². The van der Waals surface area contributed by atoms with Crippen LogP contribution in [0, 0.1) is 13.8 Å². The third-order valence-electron chi connectivity index (χ3n) is 3.09. The highest BCUT2D eigenvalue weighted by atomic mass is 32.2. The summed E-state index contributed by atoms with van der Waals surface area (Å²) in [6, 6.07) is 0.0180. The quantitative estimate of drug-likeness (QED) is 0.873. The number of rotatable bonds is 5. The van der Waals surface area contributed by atoms with Crippen molar-refractivity contribution >= 4 is 9.84 Å². The highest BCUT2D eigenvalue weighted by Crippen LogP contribution is 2.21. The number of sulfone groups is 1. The van der Waals surface area contributed by atoms with Gasteiger partial charge < -0.3 is 5.32 Å². The van der Waals surface area contributed by atoms with Crippen LogP contribution >= 0.6 is 0 Å². The molecule has 104 valence electrons. The zero-order valence-corrected chi connectivity index (χ0v) is 12.8. The Kier molecular flexibility index (Phi) is 4.55. The molecule has 1 heterocycles. The topological polar surface area (TPSA) is 64.0 Å². The fourth-order valence-corrected chi connectivity index (χ4v) is 3.43. The second-order valence-corrected chi connectivity index (χ2v) is 7.27. The molecule has 0 saturated carbocycles. The lowest BCUT2D eigenvalue weighted by Gasteiger charge is -2.20. The molecule has 18 heavy (non-hydrogen) atoms. The van der Waals surface area contributed by atoms with Gasteiger partial charge in [0.05, 0.1) is 11.4 Å². The summed E-state index contributed by atoms with van der Waals surface area (Å²) in [7, 11) is -1.03. The zero-order chi connectivity index (χ0) is 14.1. The second-order valence-electron chi connectivity index (χ2n) is 5.09. The molecule has 1 rings (SSSR count). The number of hydrogen-bond donors (Lipinski definition) is 1. The van der Waals surface area contributed by atoms with E-state index in [0.717, 1.165) is 17.0 Å². The molecule has 0 bridgehead atoms.